The first kappa shape index (κ1) is 26.7. The standard InChI is InChI=1S/C20H38O2.C4H6O2/c21-20(22)18-14-9-7-5-3-1-2-4-6-8-11-15-19-16-12-10-13-17-19;1-3-6-4(2)5/h19H,1-18H2,(H,21,22);3H,1H2,2H3. The zero-order valence-electron chi connectivity index (χ0n) is 18.3. The Kier molecular flexibility index (Phi) is 19.5. The molecule has 28 heavy (non-hydrogen) atoms. The lowest BCUT2D eigenvalue weighted by atomic mass is 9.85. The molecular weight excluding hydrogens is 352 g/mol. The molecule has 0 saturated heterocycles. The van der Waals surface area contributed by atoms with E-state index in [1.807, 2.05) is 0 Å². The van der Waals surface area contributed by atoms with Crippen LogP contribution >= 0.6 is 0 Å². The summed E-state index contributed by atoms with van der Waals surface area (Å²) in [7, 11) is 0. The van der Waals surface area contributed by atoms with Crippen LogP contribution in [-0.2, 0) is 14.3 Å². The predicted octanol–water partition coefficient (Wildman–Crippen LogP) is 7.42. The molecule has 0 amide bonds. The maximum atomic E-state index is 10.4. The number of aliphatic carboxylic acids is 1. The summed E-state index contributed by atoms with van der Waals surface area (Å²) in [5, 5.41) is 8.55. The highest BCUT2D eigenvalue weighted by Crippen LogP contribution is 2.28. The van der Waals surface area contributed by atoms with Gasteiger partial charge in [-0.15, -0.1) is 0 Å². The number of carbonyl (C=O) groups is 2. The van der Waals surface area contributed by atoms with Crippen molar-refractivity contribution in [1.29, 1.82) is 0 Å². The van der Waals surface area contributed by atoms with E-state index in [1.165, 1.54) is 103 Å². The molecular formula is C24H44O4. The Morgan fingerprint density at radius 2 is 1.32 bits per heavy atom. The van der Waals surface area contributed by atoms with Gasteiger partial charge < -0.3 is 9.84 Å². The first-order valence-corrected chi connectivity index (χ1v) is 11.6. The van der Waals surface area contributed by atoms with Gasteiger partial charge in [-0.25, -0.2) is 0 Å². The summed E-state index contributed by atoms with van der Waals surface area (Å²) in [5.41, 5.74) is 0. The lowest BCUT2D eigenvalue weighted by molar-refractivity contribution is -0.137. The fraction of sp³-hybridized carbons (Fsp3) is 0.833. The lowest BCUT2D eigenvalue weighted by Gasteiger charge is -2.21. The number of hydrogen-bond donors (Lipinski definition) is 1. The van der Waals surface area contributed by atoms with E-state index in [9.17, 15) is 9.59 Å². The molecule has 0 aliphatic heterocycles. The average Bonchev–Trinajstić information content (AvgIpc) is 2.66. The van der Waals surface area contributed by atoms with Gasteiger partial charge in [0.2, 0.25) is 0 Å². The molecule has 4 heteroatoms. The van der Waals surface area contributed by atoms with Crippen LogP contribution in [0.15, 0.2) is 12.8 Å². The molecule has 0 unspecified atom stereocenters. The second-order valence-electron chi connectivity index (χ2n) is 8.10. The summed E-state index contributed by atoms with van der Waals surface area (Å²) in [6, 6.07) is 0. The Hall–Kier alpha value is -1.32. The fourth-order valence-electron chi connectivity index (χ4n) is 3.89. The van der Waals surface area contributed by atoms with Gasteiger partial charge in [0.25, 0.3) is 0 Å². The molecule has 1 N–H and O–H groups in total. The molecule has 0 spiro atoms. The van der Waals surface area contributed by atoms with Crippen molar-refractivity contribution in [3.8, 4) is 0 Å². The third kappa shape index (κ3) is 21.0. The topological polar surface area (TPSA) is 63.6 Å². The SMILES string of the molecule is C=COC(C)=O.O=C(O)CCCCCCCCCCCCCC1CCCCC1. The van der Waals surface area contributed by atoms with Crippen molar-refractivity contribution < 1.29 is 19.4 Å². The molecule has 0 aromatic heterocycles. The molecule has 1 fully saturated rings. The molecule has 0 aromatic rings. The van der Waals surface area contributed by atoms with Gasteiger partial charge in [-0.2, -0.15) is 0 Å². The normalized spacial score (nSPS) is 14.0. The summed E-state index contributed by atoms with van der Waals surface area (Å²) < 4.78 is 4.17. The second-order valence-corrected chi connectivity index (χ2v) is 8.10. The molecule has 1 aliphatic rings. The zero-order chi connectivity index (χ0) is 20.9. The van der Waals surface area contributed by atoms with Gasteiger partial charge in [0.1, 0.15) is 0 Å². The molecule has 1 rings (SSSR count). The highest BCUT2D eigenvalue weighted by atomic mass is 16.5. The summed E-state index contributed by atoms with van der Waals surface area (Å²) in [5.74, 6) is 0.0864. The number of ether oxygens (including phenoxy) is 1. The minimum Gasteiger partial charge on any atom is -0.481 e. The maximum Gasteiger partial charge on any atom is 0.307 e. The predicted molar refractivity (Wildman–Crippen MR) is 116 cm³/mol. The molecule has 0 atom stereocenters. The molecule has 4 nitrogen and oxygen atoms in total. The molecule has 0 bridgehead atoms. The van der Waals surface area contributed by atoms with E-state index < -0.39 is 5.97 Å². The minimum absolute atomic E-state index is 0.329. The summed E-state index contributed by atoms with van der Waals surface area (Å²) in [4.78, 5) is 20.1. The summed E-state index contributed by atoms with van der Waals surface area (Å²) in [6.45, 7) is 4.48. The van der Waals surface area contributed by atoms with E-state index in [2.05, 4.69) is 11.3 Å². The van der Waals surface area contributed by atoms with E-state index in [-0.39, 0.29) is 5.97 Å². The third-order valence-electron chi connectivity index (χ3n) is 5.48. The van der Waals surface area contributed by atoms with Crippen LogP contribution in [0.2, 0.25) is 0 Å². The van der Waals surface area contributed by atoms with E-state index in [0.717, 1.165) is 25.0 Å². The van der Waals surface area contributed by atoms with Crippen molar-refractivity contribution in [3.63, 3.8) is 0 Å². The number of esters is 1. The van der Waals surface area contributed by atoms with E-state index in [4.69, 9.17) is 5.11 Å². The van der Waals surface area contributed by atoms with Gasteiger partial charge in [-0.3, -0.25) is 9.59 Å². The summed E-state index contributed by atoms with van der Waals surface area (Å²) >= 11 is 0. The Bertz CT molecular complexity index is 386. The monoisotopic (exact) mass is 396 g/mol. The Balaban J connectivity index is 0.00000105. The second kappa shape index (κ2) is 20.4. The van der Waals surface area contributed by atoms with Crippen LogP contribution in [0.1, 0.15) is 122 Å². The van der Waals surface area contributed by atoms with E-state index >= 15 is 0 Å². The first-order valence-electron chi connectivity index (χ1n) is 11.6. The molecule has 164 valence electrons. The number of rotatable bonds is 15. The number of carboxylic acids is 1. The van der Waals surface area contributed by atoms with Crippen LogP contribution < -0.4 is 0 Å². The highest BCUT2D eigenvalue weighted by Gasteiger charge is 2.12. The van der Waals surface area contributed by atoms with Crippen LogP contribution in [0.5, 0.6) is 0 Å². The van der Waals surface area contributed by atoms with Crippen molar-refractivity contribution in [2.45, 2.75) is 122 Å². The van der Waals surface area contributed by atoms with Crippen molar-refractivity contribution >= 4 is 11.9 Å². The van der Waals surface area contributed by atoms with Crippen molar-refractivity contribution in [1.82, 2.24) is 0 Å². The minimum atomic E-state index is -0.650. The average molecular weight is 397 g/mol. The van der Waals surface area contributed by atoms with Crippen LogP contribution in [0.4, 0.5) is 0 Å². The van der Waals surface area contributed by atoms with Crippen molar-refractivity contribution in [2.75, 3.05) is 0 Å². The Morgan fingerprint density at radius 1 is 0.857 bits per heavy atom. The van der Waals surface area contributed by atoms with Gasteiger partial charge >= 0.3 is 11.9 Å². The third-order valence-corrected chi connectivity index (χ3v) is 5.48. The quantitative estimate of drug-likeness (QED) is 0.178. The van der Waals surface area contributed by atoms with Gasteiger partial charge in [-0.1, -0.05) is 109 Å². The highest BCUT2D eigenvalue weighted by molar-refractivity contribution is 5.66. The van der Waals surface area contributed by atoms with Crippen LogP contribution in [0.25, 0.3) is 0 Å². The molecule has 0 aromatic carbocycles. The molecule has 0 radical (unpaired) electrons. The number of unbranched alkanes of at least 4 members (excludes halogenated alkanes) is 10. The maximum absolute atomic E-state index is 10.4. The molecule has 0 heterocycles. The lowest BCUT2D eigenvalue weighted by Crippen LogP contribution is -2.05. The van der Waals surface area contributed by atoms with Gasteiger partial charge in [0.05, 0.1) is 6.26 Å². The van der Waals surface area contributed by atoms with Crippen LogP contribution in [-0.4, -0.2) is 17.0 Å². The molecule has 1 aliphatic carbocycles. The number of carbonyl (C=O) groups excluding carboxylic acids is 1. The smallest absolute Gasteiger partial charge is 0.307 e. The molecule has 1 saturated carbocycles. The Morgan fingerprint density at radius 3 is 1.71 bits per heavy atom. The van der Waals surface area contributed by atoms with E-state index in [1.54, 1.807) is 0 Å². The first-order chi connectivity index (χ1) is 13.6. The van der Waals surface area contributed by atoms with Crippen LogP contribution in [0, 0.1) is 5.92 Å². The zero-order valence-corrected chi connectivity index (χ0v) is 18.3. The van der Waals surface area contributed by atoms with Gasteiger partial charge in [0, 0.05) is 13.3 Å². The summed E-state index contributed by atoms with van der Waals surface area (Å²) in [6.07, 6.45) is 24.8. The fourth-order valence-corrected chi connectivity index (χ4v) is 3.89. The largest absolute Gasteiger partial charge is 0.481 e. The van der Waals surface area contributed by atoms with E-state index in [0.29, 0.717) is 6.42 Å². The van der Waals surface area contributed by atoms with Crippen molar-refractivity contribution in [3.05, 3.63) is 12.8 Å². The Labute approximate surface area is 173 Å². The van der Waals surface area contributed by atoms with Crippen molar-refractivity contribution in [2.24, 2.45) is 5.92 Å². The van der Waals surface area contributed by atoms with Gasteiger partial charge in [-0.05, 0) is 12.3 Å². The number of hydrogen-bond acceptors (Lipinski definition) is 3. The van der Waals surface area contributed by atoms with Gasteiger partial charge in [0.15, 0.2) is 0 Å². The number of carboxylic acid groups (broad SMARTS) is 1. The van der Waals surface area contributed by atoms with Crippen LogP contribution in [0.3, 0.4) is 0 Å².